The van der Waals surface area contributed by atoms with Crippen LogP contribution in [0.2, 0.25) is 0 Å². The first kappa shape index (κ1) is 21.9. The minimum atomic E-state index is -0.943. The number of Topliss-reactive ketones (excluding diaryl/α,β-unsaturated/α-hetero) is 1. The van der Waals surface area contributed by atoms with E-state index in [9.17, 15) is 14.7 Å². The molecule has 0 spiro atoms. The maximum Gasteiger partial charge on any atom is 0.302 e. The quantitative estimate of drug-likeness (QED) is 0.232. The average molecular weight is 475 g/mol. The van der Waals surface area contributed by atoms with Crippen molar-refractivity contribution in [2.24, 2.45) is 0 Å². The molecule has 34 heavy (non-hydrogen) atoms. The summed E-state index contributed by atoms with van der Waals surface area (Å²) in [4.78, 5) is 32.5. The number of rotatable bonds is 5. The zero-order chi connectivity index (χ0) is 24.0. The minimum absolute atomic E-state index is 0.0251. The van der Waals surface area contributed by atoms with Gasteiger partial charge in [-0.25, -0.2) is 4.98 Å². The molecule has 1 fully saturated rings. The van der Waals surface area contributed by atoms with Crippen molar-refractivity contribution < 1.29 is 23.8 Å². The standard InChI is InChI=1S/C26H22N2O5S/c1-4-32-16-9-10-18-20(13-16)34-26(27-18)28-22(19-6-5-11-33-19)21(24(30)25(28)31)23(29)17-12-14(2)7-8-15(17)3/h5-13,22,29H,4H2,1-3H3. The van der Waals surface area contributed by atoms with Crippen molar-refractivity contribution in [3.8, 4) is 5.75 Å². The number of hydrogen-bond acceptors (Lipinski definition) is 7. The first-order valence-electron chi connectivity index (χ1n) is 10.8. The van der Waals surface area contributed by atoms with E-state index in [0.29, 0.717) is 34.3 Å². The average Bonchev–Trinajstić information content (AvgIpc) is 3.54. The lowest BCUT2D eigenvalue weighted by Crippen LogP contribution is -2.29. The molecule has 1 aliphatic heterocycles. The Morgan fingerprint density at radius 1 is 1.18 bits per heavy atom. The molecular formula is C26H22N2O5S. The smallest absolute Gasteiger partial charge is 0.302 e. The Hall–Kier alpha value is -3.91. The van der Waals surface area contributed by atoms with Gasteiger partial charge in [-0.2, -0.15) is 0 Å². The molecule has 8 heteroatoms. The first-order valence-corrected chi connectivity index (χ1v) is 11.7. The molecule has 2 aromatic heterocycles. The zero-order valence-electron chi connectivity index (χ0n) is 18.9. The molecule has 3 heterocycles. The third-order valence-corrected chi connectivity index (χ3v) is 6.79. The van der Waals surface area contributed by atoms with Gasteiger partial charge >= 0.3 is 5.91 Å². The Morgan fingerprint density at radius 3 is 2.74 bits per heavy atom. The van der Waals surface area contributed by atoms with Crippen LogP contribution in [0.25, 0.3) is 16.0 Å². The highest BCUT2D eigenvalue weighted by Gasteiger charge is 2.49. The van der Waals surface area contributed by atoms with E-state index in [1.165, 1.54) is 22.5 Å². The molecule has 1 unspecified atom stereocenters. The third-order valence-electron chi connectivity index (χ3n) is 5.77. The number of carbonyl (C=O) groups excluding carboxylic acids is 2. The fourth-order valence-electron chi connectivity index (χ4n) is 4.13. The highest BCUT2D eigenvalue weighted by Crippen LogP contribution is 2.45. The molecule has 1 saturated heterocycles. The number of ether oxygens (including phenoxy) is 1. The lowest BCUT2D eigenvalue weighted by Gasteiger charge is -2.20. The van der Waals surface area contributed by atoms with Crippen LogP contribution in [0.4, 0.5) is 5.13 Å². The highest BCUT2D eigenvalue weighted by atomic mass is 32.1. The number of anilines is 1. The molecule has 0 aliphatic carbocycles. The number of carbonyl (C=O) groups is 2. The summed E-state index contributed by atoms with van der Waals surface area (Å²) in [6.45, 7) is 6.18. The summed E-state index contributed by atoms with van der Waals surface area (Å²) in [5, 5.41) is 11.6. The molecule has 4 aromatic rings. The Kier molecular flexibility index (Phi) is 5.45. The lowest BCUT2D eigenvalue weighted by atomic mass is 9.96. The van der Waals surface area contributed by atoms with Crippen molar-refractivity contribution >= 4 is 44.1 Å². The molecular weight excluding hydrogens is 452 g/mol. The second-order valence-electron chi connectivity index (χ2n) is 8.06. The Bertz CT molecular complexity index is 1450. The fourth-order valence-corrected chi connectivity index (χ4v) is 5.15. The Balaban J connectivity index is 1.69. The van der Waals surface area contributed by atoms with E-state index in [4.69, 9.17) is 9.15 Å². The van der Waals surface area contributed by atoms with Crippen LogP contribution in [0.15, 0.2) is 64.8 Å². The van der Waals surface area contributed by atoms with Crippen LogP contribution in [-0.2, 0) is 9.59 Å². The second-order valence-corrected chi connectivity index (χ2v) is 9.07. The predicted octanol–water partition coefficient (Wildman–Crippen LogP) is 5.53. The minimum Gasteiger partial charge on any atom is -0.507 e. The molecule has 172 valence electrons. The largest absolute Gasteiger partial charge is 0.507 e. The number of aromatic nitrogens is 1. The summed E-state index contributed by atoms with van der Waals surface area (Å²) in [6, 6.07) is 13.5. The topological polar surface area (TPSA) is 92.9 Å². The number of ketones is 1. The van der Waals surface area contributed by atoms with Gasteiger partial charge in [-0.1, -0.05) is 29.0 Å². The van der Waals surface area contributed by atoms with E-state index < -0.39 is 17.7 Å². The van der Waals surface area contributed by atoms with Gasteiger partial charge in [0.05, 0.1) is 28.7 Å². The number of aliphatic hydroxyl groups excluding tert-OH is 1. The van der Waals surface area contributed by atoms with Gasteiger partial charge in [0.15, 0.2) is 5.13 Å². The van der Waals surface area contributed by atoms with Gasteiger partial charge in [0.25, 0.3) is 5.78 Å². The number of amides is 1. The second kappa shape index (κ2) is 8.46. The van der Waals surface area contributed by atoms with Gasteiger partial charge < -0.3 is 14.3 Å². The van der Waals surface area contributed by atoms with E-state index in [-0.39, 0.29) is 11.3 Å². The Morgan fingerprint density at radius 2 is 2.00 bits per heavy atom. The van der Waals surface area contributed by atoms with Crippen molar-refractivity contribution in [1.29, 1.82) is 0 Å². The van der Waals surface area contributed by atoms with Gasteiger partial charge in [0.1, 0.15) is 23.3 Å². The normalized spacial score (nSPS) is 17.6. The van der Waals surface area contributed by atoms with Gasteiger partial charge in [0.2, 0.25) is 0 Å². The summed E-state index contributed by atoms with van der Waals surface area (Å²) in [5.74, 6) is -0.723. The van der Waals surface area contributed by atoms with Gasteiger partial charge in [-0.05, 0) is 62.7 Å². The summed E-state index contributed by atoms with van der Waals surface area (Å²) >= 11 is 1.27. The molecule has 0 saturated carbocycles. The molecule has 7 nitrogen and oxygen atoms in total. The number of aliphatic hydroxyl groups is 1. The van der Waals surface area contributed by atoms with Crippen LogP contribution in [0.1, 0.15) is 35.4 Å². The van der Waals surface area contributed by atoms with Crippen LogP contribution in [0.3, 0.4) is 0 Å². The van der Waals surface area contributed by atoms with Crippen LogP contribution in [0, 0.1) is 13.8 Å². The summed E-state index contributed by atoms with van der Waals surface area (Å²) < 4.78 is 12.0. The maximum absolute atomic E-state index is 13.3. The fraction of sp³-hybridized carbons (Fsp3) is 0.192. The number of thiazole rings is 1. The van der Waals surface area contributed by atoms with Gasteiger partial charge in [-0.15, -0.1) is 0 Å². The van der Waals surface area contributed by atoms with E-state index in [1.54, 1.807) is 18.2 Å². The first-order chi connectivity index (χ1) is 16.4. The third kappa shape index (κ3) is 3.56. The number of furan rings is 1. The molecule has 5 rings (SSSR count). The van der Waals surface area contributed by atoms with Crippen LogP contribution in [-0.4, -0.2) is 28.4 Å². The van der Waals surface area contributed by atoms with Crippen molar-refractivity contribution in [3.63, 3.8) is 0 Å². The van der Waals surface area contributed by atoms with Gasteiger partial charge in [0, 0.05) is 5.56 Å². The maximum atomic E-state index is 13.3. The number of nitrogens with zero attached hydrogens (tertiary/aromatic N) is 2. The summed E-state index contributed by atoms with van der Waals surface area (Å²) in [7, 11) is 0. The van der Waals surface area contributed by atoms with E-state index in [1.807, 2.05) is 51.1 Å². The summed E-state index contributed by atoms with van der Waals surface area (Å²) in [6.07, 6.45) is 1.47. The lowest BCUT2D eigenvalue weighted by molar-refractivity contribution is -0.132. The molecule has 0 radical (unpaired) electrons. The van der Waals surface area contributed by atoms with E-state index in [0.717, 1.165) is 15.8 Å². The monoisotopic (exact) mass is 474 g/mol. The molecule has 1 amide bonds. The highest BCUT2D eigenvalue weighted by molar-refractivity contribution is 7.22. The van der Waals surface area contributed by atoms with Crippen molar-refractivity contribution in [2.45, 2.75) is 26.8 Å². The van der Waals surface area contributed by atoms with Crippen molar-refractivity contribution in [1.82, 2.24) is 4.98 Å². The Labute approximate surface area is 199 Å². The van der Waals surface area contributed by atoms with Crippen LogP contribution < -0.4 is 9.64 Å². The molecule has 1 atom stereocenters. The molecule has 2 aromatic carbocycles. The van der Waals surface area contributed by atoms with Crippen LogP contribution in [0.5, 0.6) is 5.75 Å². The van der Waals surface area contributed by atoms with Gasteiger partial charge in [-0.3, -0.25) is 14.5 Å². The van der Waals surface area contributed by atoms with Crippen molar-refractivity contribution in [2.75, 3.05) is 11.5 Å². The van der Waals surface area contributed by atoms with Crippen molar-refractivity contribution in [3.05, 3.63) is 82.8 Å². The number of hydrogen-bond donors (Lipinski definition) is 1. The summed E-state index contributed by atoms with van der Waals surface area (Å²) in [5.41, 5.74) is 2.87. The van der Waals surface area contributed by atoms with E-state index in [2.05, 4.69) is 4.98 Å². The van der Waals surface area contributed by atoms with Crippen LogP contribution >= 0.6 is 11.3 Å². The SMILES string of the molecule is CCOc1ccc2nc(N3C(=O)C(=O)C(=C(O)c4cc(C)ccc4C)C3c3ccco3)sc2c1. The molecule has 1 N–H and O–H groups in total. The zero-order valence-corrected chi connectivity index (χ0v) is 19.7. The molecule has 0 bridgehead atoms. The number of benzene rings is 2. The van der Waals surface area contributed by atoms with E-state index >= 15 is 0 Å². The number of fused-ring (bicyclic) bond motifs is 1. The molecule has 1 aliphatic rings. The predicted molar refractivity (Wildman–Crippen MR) is 130 cm³/mol. The number of aryl methyl sites for hydroxylation is 2.